The Labute approximate surface area is 107 Å². The van der Waals surface area contributed by atoms with E-state index in [4.69, 9.17) is 9.26 Å². The molecule has 5 nitrogen and oxygen atoms in total. The standard InChI is InChI=1S/C11H17N3O2.ClH/c1-2-4-8(3-1)10-13-11(16-14-10)9-7-15-6-5-12-9;/h8-9,12H,1-7H2;1H. The molecule has 2 heterocycles. The second-order valence-electron chi connectivity index (χ2n) is 4.55. The lowest BCUT2D eigenvalue weighted by atomic mass is 10.1. The van der Waals surface area contributed by atoms with E-state index in [0.717, 1.165) is 19.0 Å². The van der Waals surface area contributed by atoms with Crippen LogP contribution in [0, 0.1) is 0 Å². The second-order valence-corrected chi connectivity index (χ2v) is 4.55. The molecule has 96 valence electrons. The normalized spacial score (nSPS) is 25.8. The summed E-state index contributed by atoms with van der Waals surface area (Å²) in [6.07, 6.45) is 4.99. The quantitative estimate of drug-likeness (QED) is 0.878. The van der Waals surface area contributed by atoms with Crippen molar-refractivity contribution < 1.29 is 9.26 Å². The topological polar surface area (TPSA) is 60.2 Å². The van der Waals surface area contributed by atoms with Crippen LogP contribution in [0.1, 0.15) is 49.4 Å². The Morgan fingerprint density at radius 2 is 2.06 bits per heavy atom. The zero-order chi connectivity index (χ0) is 10.8. The van der Waals surface area contributed by atoms with Crippen LogP contribution in [-0.2, 0) is 4.74 Å². The lowest BCUT2D eigenvalue weighted by molar-refractivity contribution is 0.0659. The molecular weight excluding hydrogens is 242 g/mol. The third kappa shape index (κ3) is 2.78. The van der Waals surface area contributed by atoms with Crippen molar-refractivity contribution in [2.75, 3.05) is 19.8 Å². The number of nitrogens with zero attached hydrogens (tertiary/aromatic N) is 2. The van der Waals surface area contributed by atoms with E-state index in [1.165, 1.54) is 25.7 Å². The van der Waals surface area contributed by atoms with Crippen LogP contribution in [0.25, 0.3) is 0 Å². The fourth-order valence-corrected chi connectivity index (χ4v) is 2.46. The van der Waals surface area contributed by atoms with Gasteiger partial charge in [-0.3, -0.25) is 0 Å². The van der Waals surface area contributed by atoms with E-state index in [2.05, 4.69) is 15.5 Å². The molecule has 0 radical (unpaired) electrons. The molecule has 1 aromatic rings. The largest absolute Gasteiger partial charge is 0.378 e. The zero-order valence-electron chi connectivity index (χ0n) is 9.72. The van der Waals surface area contributed by atoms with Crippen molar-refractivity contribution >= 4 is 12.4 Å². The Morgan fingerprint density at radius 3 is 2.76 bits per heavy atom. The zero-order valence-corrected chi connectivity index (χ0v) is 10.5. The molecule has 1 saturated heterocycles. The van der Waals surface area contributed by atoms with Crippen molar-refractivity contribution in [1.82, 2.24) is 15.5 Å². The molecule has 1 atom stereocenters. The van der Waals surface area contributed by atoms with E-state index < -0.39 is 0 Å². The molecule has 1 N–H and O–H groups in total. The maximum Gasteiger partial charge on any atom is 0.246 e. The van der Waals surface area contributed by atoms with Crippen LogP contribution in [-0.4, -0.2) is 29.9 Å². The Bertz CT molecular complexity index is 346. The van der Waals surface area contributed by atoms with E-state index in [1.54, 1.807) is 0 Å². The molecule has 1 aliphatic heterocycles. The van der Waals surface area contributed by atoms with Crippen LogP contribution in [0.4, 0.5) is 0 Å². The number of ether oxygens (including phenoxy) is 1. The van der Waals surface area contributed by atoms with Crippen LogP contribution in [0.3, 0.4) is 0 Å². The fourth-order valence-electron chi connectivity index (χ4n) is 2.46. The van der Waals surface area contributed by atoms with Crippen LogP contribution in [0.5, 0.6) is 0 Å². The Kier molecular flexibility index (Phi) is 4.36. The Balaban J connectivity index is 0.00000108. The number of morpholine rings is 1. The monoisotopic (exact) mass is 259 g/mol. The smallest absolute Gasteiger partial charge is 0.246 e. The van der Waals surface area contributed by atoms with Gasteiger partial charge in [-0.05, 0) is 12.8 Å². The van der Waals surface area contributed by atoms with E-state index in [-0.39, 0.29) is 18.4 Å². The summed E-state index contributed by atoms with van der Waals surface area (Å²) in [6.45, 7) is 2.25. The summed E-state index contributed by atoms with van der Waals surface area (Å²) in [4.78, 5) is 4.50. The molecule has 3 rings (SSSR count). The van der Waals surface area contributed by atoms with Crippen molar-refractivity contribution in [2.24, 2.45) is 0 Å². The lowest BCUT2D eigenvalue weighted by Crippen LogP contribution is -2.34. The molecule has 0 spiro atoms. The maximum atomic E-state index is 5.38. The molecule has 1 saturated carbocycles. The summed E-state index contributed by atoms with van der Waals surface area (Å²) in [5, 5.41) is 7.41. The van der Waals surface area contributed by atoms with Crippen LogP contribution in [0.15, 0.2) is 4.52 Å². The summed E-state index contributed by atoms with van der Waals surface area (Å²) in [5.41, 5.74) is 0. The summed E-state index contributed by atoms with van der Waals surface area (Å²) >= 11 is 0. The van der Waals surface area contributed by atoms with Gasteiger partial charge in [0, 0.05) is 12.5 Å². The van der Waals surface area contributed by atoms with Gasteiger partial charge in [0.15, 0.2) is 5.82 Å². The first-order valence-electron chi connectivity index (χ1n) is 6.08. The molecule has 0 aromatic carbocycles. The molecule has 1 aliphatic carbocycles. The first-order chi connectivity index (χ1) is 7.93. The molecule has 2 aliphatic rings. The van der Waals surface area contributed by atoms with Crippen LogP contribution >= 0.6 is 12.4 Å². The number of halogens is 1. The van der Waals surface area contributed by atoms with Gasteiger partial charge in [-0.2, -0.15) is 4.98 Å². The van der Waals surface area contributed by atoms with Gasteiger partial charge in [0.2, 0.25) is 5.89 Å². The van der Waals surface area contributed by atoms with E-state index in [1.807, 2.05) is 0 Å². The highest BCUT2D eigenvalue weighted by atomic mass is 35.5. The molecule has 0 amide bonds. The average molecular weight is 260 g/mol. The van der Waals surface area contributed by atoms with Crippen molar-refractivity contribution in [3.05, 3.63) is 11.7 Å². The third-order valence-electron chi connectivity index (χ3n) is 3.40. The number of hydrogen-bond donors (Lipinski definition) is 1. The first kappa shape index (κ1) is 12.8. The van der Waals surface area contributed by atoms with Crippen LogP contribution < -0.4 is 5.32 Å². The molecule has 1 aromatic heterocycles. The van der Waals surface area contributed by atoms with E-state index >= 15 is 0 Å². The highest BCUT2D eigenvalue weighted by Crippen LogP contribution is 2.32. The van der Waals surface area contributed by atoms with Gasteiger partial charge in [-0.1, -0.05) is 18.0 Å². The number of hydrogen-bond acceptors (Lipinski definition) is 5. The van der Waals surface area contributed by atoms with Gasteiger partial charge in [0.25, 0.3) is 0 Å². The molecule has 2 fully saturated rings. The third-order valence-corrected chi connectivity index (χ3v) is 3.40. The number of nitrogens with one attached hydrogen (secondary N) is 1. The molecule has 6 heteroatoms. The lowest BCUT2D eigenvalue weighted by Gasteiger charge is -2.20. The molecule has 0 bridgehead atoms. The predicted octanol–water partition coefficient (Wildman–Crippen LogP) is 1.81. The molecular formula is C11H18ClN3O2. The molecule has 1 unspecified atom stereocenters. The van der Waals surface area contributed by atoms with Gasteiger partial charge in [0.1, 0.15) is 6.04 Å². The number of aromatic nitrogens is 2. The minimum Gasteiger partial charge on any atom is -0.378 e. The summed E-state index contributed by atoms with van der Waals surface area (Å²) in [5.74, 6) is 2.09. The molecule has 17 heavy (non-hydrogen) atoms. The van der Waals surface area contributed by atoms with Gasteiger partial charge >= 0.3 is 0 Å². The van der Waals surface area contributed by atoms with Crippen molar-refractivity contribution in [1.29, 1.82) is 0 Å². The first-order valence-corrected chi connectivity index (χ1v) is 6.08. The van der Waals surface area contributed by atoms with E-state index in [9.17, 15) is 0 Å². The summed E-state index contributed by atoms with van der Waals surface area (Å²) < 4.78 is 10.7. The van der Waals surface area contributed by atoms with E-state index in [0.29, 0.717) is 18.4 Å². The van der Waals surface area contributed by atoms with Gasteiger partial charge in [-0.15, -0.1) is 12.4 Å². The van der Waals surface area contributed by atoms with Gasteiger partial charge in [0.05, 0.1) is 13.2 Å². The van der Waals surface area contributed by atoms with Crippen molar-refractivity contribution in [3.63, 3.8) is 0 Å². The SMILES string of the molecule is C1CCC(c2noc(C3COCCN3)n2)C1.Cl. The minimum absolute atomic E-state index is 0. The summed E-state index contributed by atoms with van der Waals surface area (Å²) in [6, 6.07) is 0.0800. The highest BCUT2D eigenvalue weighted by molar-refractivity contribution is 5.85. The Morgan fingerprint density at radius 1 is 1.24 bits per heavy atom. The fraction of sp³-hybridized carbons (Fsp3) is 0.818. The van der Waals surface area contributed by atoms with Crippen LogP contribution in [0.2, 0.25) is 0 Å². The van der Waals surface area contributed by atoms with Gasteiger partial charge in [-0.25, -0.2) is 0 Å². The number of rotatable bonds is 2. The maximum absolute atomic E-state index is 5.38. The second kappa shape index (κ2) is 5.80. The van der Waals surface area contributed by atoms with Crippen molar-refractivity contribution in [3.8, 4) is 0 Å². The Hall–Kier alpha value is -0.650. The highest BCUT2D eigenvalue weighted by Gasteiger charge is 2.26. The average Bonchev–Trinajstić information content (AvgIpc) is 3.01. The van der Waals surface area contributed by atoms with Gasteiger partial charge < -0.3 is 14.6 Å². The minimum atomic E-state index is 0. The summed E-state index contributed by atoms with van der Waals surface area (Å²) in [7, 11) is 0. The van der Waals surface area contributed by atoms with Crippen molar-refractivity contribution in [2.45, 2.75) is 37.6 Å². The predicted molar refractivity (Wildman–Crippen MR) is 64.3 cm³/mol.